The third kappa shape index (κ3) is 2.80. The van der Waals surface area contributed by atoms with Gasteiger partial charge in [-0.2, -0.15) is 0 Å². The zero-order valence-corrected chi connectivity index (χ0v) is 15.5. The largest absolute Gasteiger partial charge is 0.497 e. The number of nitrogens with zero attached hydrogens (tertiary/aromatic N) is 3. The first kappa shape index (κ1) is 16.1. The Hall–Kier alpha value is -2.34. The summed E-state index contributed by atoms with van der Waals surface area (Å²) in [6.45, 7) is 2.08. The van der Waals surface area contributed by atoms with Crippen LogP contribution in [-0.2, 0) is 6.42 Å². The van der Waals surface area contributed by atoms with Crippen molar-refractivity contribution in [2.75, 3.05) is 14.2 Å². The lowest BCUT2D eigenvalue weighted by Gasteiger charge is -2.24. The van der Waals surface area contributed by atoms with Crippen LogP contribution < -0.4 is 9.47 Å². The van der Waals surface area contributed by atoms with Crippen molar-refractivity contribution < 1.29 is 9.47 Å². The van der Waals surface area contributed by atoms with Crippen molar-refractivity contribution in [1.82, 2.24) is 14.5 Å². The number of aromatic nitrogens is 3. The molecule has 0 saturated carbocycles. The predicted molar refractivity (Wildman–Crippen MR) is 98.7 cm³/mol. The molecular formula is C19H21N3O2S. The molecule has 2 aromatic heterocycles. The molecule has 0 aliphatic heterocycles. The van der Waals surface area contributed by atoms with Gasteiger partial charge in [0.2, 0.25) is 0 Å². The average Bonchev–Trinajstić information content (AvgIpc) is 3.26. The Kier molecular flexibility index (Phi) is 4.21. The molecule has 0 spiro atoms. The topological polar surface area (TPSA) is 49.2 Å². The molecule has 1 aromatic carbocycles. The average molecular weight is 355 g/mol. The summed E-state index contributed by atoms with van der Waals surface area (Å²) in [7, 11) is 3.35. The van der Waals surface area contributed by atoms with Crippen molar-refractivity contribution >= 4 is 11.3 Å². The molecule has 1 aliphatic carbocycles. The van der Waals surface area contributed by atoms with E-state index in [1.54, 1.807) is 14.2 Å². The van der Waals surface area contributed by atoms with Crippen LogP contribution in [0.3, 0.4) is 0 Å². The molecular weight excluding hydrogens is 334 g/mol. The molecule has 0 saturated heterocycles. The molecule has 6 heteroatoms. The minimum Gasteiger partial charge on any atom is -0.497 e. The first-order valence-electron chi connectivity index (χ1n) is 8.42. The summed E-state index contributed by atoms with van der Waals surface area (Å²) in [5.41, 5.74) is 2.14. The van der Waals surface area contributed by atoms with Crippen LogP contribution in [0.5, 0.6) is 11.5 Å². The van der Waals surface area contributed by atoms with Crippen LogP contribution in [0.2, 0.25) is 0 Å². The van der Waals surface area contributed by atoms with Crippen LogP contribution in [0.25, 0.3) is 11.4 Å². The van der Waals surface area contributed by atoms with E-state index in [9.17, 15) is 0 Å². The number of hydrogen-bond acceptors (Lipinski definition) is 5. The first-order valence-corrected chi connectivity index (χ1v) is 9.24. The van der Waals surface area contributed by atoms with E-state index in [4.69, 9.17) is 14.5 Å². The lowest BCUT2D eigenvalue weighted by Crippen LogP contribution is -2.17. The monoisotopic (exact) mass is 355 g/mol. The molecule has 1 aliphatic rings. The van der Waals surface area contributed by atoms with E-state index in [0.29, 0.717) is 0 Å². The molecule has 0 N–H and O–H groups in total. The summed E-state index contributed by atoms with van der Waals surface area (Å²) in [5.74, 6) is 2.47. The van der Waals surface area contributed by atoms with Gasteiger partial charge < -0.3 is 14.0 Å². The molecule has 2 heterocycles. The van der Waals surface area contributed by atoms with Crippen LogP contribution in [-0.4, -0.2) is 28.8 Å². The Bertz CT molecular complexity index is 900. The SMILES string of the molecule is COc1ccc(OC)c(-c2nccn2[C@@H]2CCCc3sc(C)nc32)c1. The Balaban J connectivity index is 1.83. The van der Waals surface area contributed by atoms with Crippen molar-refractivity contribution in [1.29, 1.82) is 0 Å². The zero-order chi connectivity index (χ0) is 17.4. The number of fused-ring (bicyclic) bond motifs is 1. The van der Waals surface area contributed by atoms with Gasteiger partial charge in [-0.05, 0) is 44.4 Å². The third-order valence-electron chi connectivity index (χ3n) is 4.68. The molecule has 3 aromatic rings. The number of imidazole rings is 1. The van der Waals surface area contributed by atoms with Crippen LogP contribution in [0, 0.1) is 6.92 Å². The fraction of sp³-hybridized carbons (Fsp3) is 0.368. The summed E-state index contributed by atoms with van der Waals surface area (Å²) >= 11 is 1.82. The molecule has 0 radical (unpaired) electrons. The highest BCUT2D eigenvalue weighted by Gasteiger charge is 2.28. The van der Waals surface area contributed by atoms with Gasteiger partial charge >= 0.3 is 0 Å². The number of rotatable bonds is 4. The molecule has 4 rings (SSSR count). The van der Waals surface area contributed by atoms with E-state index in [1.165, 1.54) is 17.0 Å². The number of thiazole rings is 1. The van der Waals surface area contributed by atoms with Gasteiger partial charge in [-0.3, -0.25) is 0 Å². The number of ether oxygens (including phenoxy) is 2. The maximum atomic E-state index is 5.56. The molecule has 0 unspecified atom stereocenters. The van der Waals surface area contributed by atoms with Crippen LogP contribution in [0.1, 0.15) is 34.5 Å². The fourth-order valence-electron chi connectivity index (χ4n) is 3.55. The normalized spacial score (nSPS) is 16.5. The number of benzene rings is 1. The Morgan fingerprint density at radius 3 is 2.92 bits per heavy atom. The Labute approximate surface area is 151 Å². The highest BCUT2D eigenvalue weighted by molar-refractivity contribution is 7.11. The first-order chi connectivity index (χ1) is 12.2. The quantitative estimate of drug-likeness (QED) is 0.702. The standard InChI is InChI=1S/C19H21N3O2S/c1-12-21-18-15(5-4-6-17(18)25-12)22-10-9-20-19(22)14-11-13(23-2)7-8-16(14)24-3/h7-11,15H,4-6H2,1-3H3/t15-/m1/s1. The van der Waals surface area contributed by atoms with Gasteiger partial charge in [-0.15, -0.1) is 11.3 Å². The molecule has 25 heavy (non-hydrogen) atoms. The van der Waals surface area contributed by atoms with Gasteiger partial charge in [-0.25, -0.2) is 9.97 Å². The lowest BCUT2D eigenvalue weighted by atomic mass is 9.97. The highest BCUT2D eigenvalue weighted by atomic mass is 32.1. The maximum Gasteiger partial charge on any atom is 0.144 e. The van der Waals surface area contributed by atoms with Gasteiger partial charge in [0.15, 0.2) is 0 Å². The minimum absolute atomic E-state index is 0.224. The van der Waals surface area contributed by atoms with E-state index >= 15 is 0 Å². The summed E-state index contributed by atoms with van der Waals surface area (Å²) in [4.78, 5) is 10.9. The molecule has 5 nitrogen and oxygen atoms in total. The van der Waals surface area contributed by atoms with Crippen molar-refractivity contribution in [3.8, 4) is 22.9 Å². The third-order valence-corrected chi connectivity index (χ3v) is 5.73. The van der Waals surface area contributed by atoms with E-state index in [-0.39, 0.29) is 6.04 Å². The summed E-state index contributed by atoms with van der Waals surface area (Å²) in [5, 5.41) is 1.14. The van der Waals surface area contributed by atoms with Gasteiger partial charge in [0.05, 0.1) is 36.5 Å². The highest BCUT2D eigenvalue weighted by Crippen LogP contribution is 2.39. The van der Waals surface area contributed by atoms with Gasteiger partial charge in [-0.1, -0.05) is 0 Å². The molecule has 1 atom stereocenters. The van der Waals surface area contributed by atoms with Crippen LogP contribution >= 0.6 is 11.3 Å². The van der Waals surface area contributed by atoms with Crippen LogP contribution in [0.4, 0.5) is 0 Å². The summed E-state index contributed by atoms with van der Waals surface area (Å²) in [6.07, 6.45) is 7.27. The molecule has 0 amide bonds. The second kappa shape index (κ2) is 6.52. The fourth-order valence-corrected chi connectivity index (χ4v) is 4.58. The van der Waals surface area contributed by atoms with Crippen molar-refractivity contribution in [3.05, 3.63) is 46.2 Å². The van der Waals surface area contributed by atoms with Gasteiger partial charge in [0.1, 0.15) is 17.3 Å². The smallest absolute Gasteiger partial charge is 0.144 e. The number of hydrogen-bond donors (Lipinski definition) is 0. The van der Waals surface area contributed by atoms with E-state index < -0.39 is 0 Å². The van der Waals surface area contributed by atoms with Crippen molar-refractivity contribution in [3.63, 3.8) is 0 Å². The van der Waals surface area contributed by atoms with Gasteiger partial charge in [0, 0.05) is 17.3 Å². The number of methoxy groups -OCH3 is 2. The lowest BCUT2D eigenvalue weighted by molar-refractivity contribution is 0.403. The molecule has 0 fully saturated rings. The molecule has 0 bridgehead atoms. The second-order valence-electron chi connectivity index (χ2n) is 6.17. The van der Waals surface area contributed by atoms with Gasteiger partial charge in [0.25, 0.3) is 0 Å². The second-order valence-corrected chi connectivity index (χ2v) is 7.46. The Morgan fingerprint density at radius 1 is 1.24 bits per heavy atom. The van der Waals surface area contributed by atoms with Crippen molar-refractivity contribution in [2.24, 2.45) is 0 Å². The number of aryl methyl sites for hydroxylation is 2. The molecule has 130 valence electrons. The zero-order valence-electron chi connectivity index (χ0n) is 14.7. The minimum atomic E-state index is 0.224. The Morgan fingerprint density at radius 2 is 2.12 bits per heavy atom. The summed E-state index contributed by atoms with van der Waals surface area (Å²) < 4.78 is 13.2. The summed E-state index contributed by atoms with van der Waals surface area (Å²) in [6, 6.07) is 6.03. The van der Waals surface area contributed by atoms with Crippen molar-refractivity contribution in [2.45, 2.75) is 32.2 Å². The van der Waals surface area contributed by atoms with E-state index in [2.05, 4.69) is 16.5 Å². The van der Waals surface area contributed by atoms with E-state index in [0.717, 1.165) is 40.7 Å². The van der Waals surface area contributed by atoms with E-state index in [1.807, 2.05) is 41.9 Å². The van der Waals surface area contributed by atoms with Crippen LogP contribution in [0.15, 0.2) is 30.6 Å². The predicted octanol–water partition coefficient (Wildman–Crippen LogP) is 4.26. The maximum absolute atomic E-state index is 5.56.